The van der Waals surface area contributed by atoms with Crippen LogP contribution in [-0.4, -0.2) is 0 Å². The van der Waals surface area contributed by atoms with Gasteiger partial charge in [0.1, 0.15) is 0 Å². The molecule has 1 atom stereocenters. The lowest BCUT2D eigenvalue weighted by molar-refractivity contribution is 0.444. The van der Waals surface area contributed by atoms with Crippen molar-refractivity contribution in [1.29, 1.82) is 0 Å². The lowest BCUT2D eigenvalue weighted by atomic mass is 10.1. The van der Waals surface area contributed by atoms with E-state index in [9.17, 15) is 13.2 Å². The zero-order valence-corrected chi connectivity index (χ0v) is 6.73. The van der Waals surface area contributed by atoms with E-state index in [2.05, 4.69) is 6.58 Å². The first-order valence-corrected chi connectivity index (χ1v) is 3.59. The van der Waals surface area contributed by atoms with Gasteiger partial charge in [0.25, 0.3) is 0 Å². The third-order valence-corrected chi connectivity index (χ3v) is 1.64. The maximum Gasteiger partial charge on any atom is 0.194 e. The molecule has 0 aliphatic carbocycles. The number of benzene rings is 1. The van der Waals surface area contributed by atoms with Gasteiger partial charge >= 0.3 is 0 Å². The zero-order chi connectivity index (χ0) is 10.0. The van der Waals surface area contributed by atoms with Crippen molar-refractivity contribution in [3.05, 3.63) is 47.8 Å². The second-order valence-corrected chi connectivity index (χ2v) is 2.56. The van der Waals surface area contributed by atoms with Gasteiger partial charge in [0.15, 0.2) is 17.5 Å². The van der Waals surface area contributed by atoms with E-state index in [1.54, 1.807) is 0 Å². The molecule has 70 valence electrons. The van der Waals surface area contributed by atoms with Crippen LogP contribution in [0.15, 0.2) is 24.8 Å². The Kier molecular flexibility index (Phi) is 2.72. The third-order valence-electron chi connectivity index (χ3n) is 1.64. The fourth-order valence-electron chi connectivity index (χ4n) is 0.904. The zero-order valence-electron chi connectivity index (χ0n) is 6.73. The van der Waals surface area contributed by atoms with Crippen molar-refractivity contribution in [3.63, 3.8) is 0 Å². The first-order chi connectivity index (χ1) is 6.06. The van der Waals surface area contributed by atoms with Crippen LogP contribution in [0.1, 0.15) is 11.6 Å². The molecule has 0 fully saturated rings. The summed E-state index contributed by atoms with van der Waals surface area (Å²) < 4.78 is 37.7. The number of hydrogen-bond donors (Lipinski definition) is 1. The molecule has 13 heavy (non-hydrogen) atoms. The Labute approximate surface area is 73.7 Å². The van der Waals surface area contributed by atoms with Crippen molar-refractivity contribution < 1.29 is 13.2 Å². The minimum absolute atomic E-state index is 0.159. The molecule has 0 bridgehead atoms. The summed E-state index contributed by atoms with van der Waals surface area (Å²) in [6.07, 6.45) is 1.31. The molecule has 1 rings (SSSR count). The van der Waals surface area contributed by atoms with Crippen LogP contribution in [0.2, 0.25) is 0 Å². The summed E-state index contributed by atoms with van der Waals surface area (Å²) in [6, 6.07) is 1.01. The van der Waals surface area contributed by atoms with E-state index < -0.39 is 23.5 Å². The predicted octanol–water partition coefficient (Wildman–Crippen LogP) is 2.29. The van der Waals surface area contributed by atoms with Gasteiger partial charge in [-0.15, -0.1) is 6.58 Å². The van der Waals surface area contributed by atoms with Crippen LogP contribution in [0.3, 0.4) is 0 Å². The third kappa shape index (κ3) is 1.89. The summed E-state index contributed by atoms with van der Waals surface area (Å²) in [4.78, 5) is 0. The van der Waals surface area contributed by atoms with Crippen LogP contribution >= 0.6 is 0 Å². The monoisotopic (exact) mass is 187 g/mol. The van der Waals surface area contributed by atoms with Gasteiger partial charge in [-0.1, -0.05) is 6.08 Å². The van der Waals surface area contributed by atoms with Crippen LogP contribution < -0.4 is 5.73 Å². The fourth-order valence-corrected chi connectivity index (χ4v) is 0.904. The van der Waals surface area contributed by atoms with Crippen LogP contribution in [-0.2, 0) is 0 Å². The highest BCUT2D eigenvalue weighted by molar-refractivity contribution is 5.24. The Morgan fingerprint density at radius 1 is 1.23 bits per heavy atom. The first kappa shape index (κ1) is 9.80. The molecule has 0 unspecified atom stereocenters. The summed E-state index contributed by atoms with van der Waals surface area (Å²) in [5.74, 6) is -3.97. The molecule has 0 heterocycles. The van der Waals surface area contributed by atoms with E-state index >= 15 is 0 Å². The first-order valence-electron chi connectivity index (χ1n) is 3.59. The molecule has 1 aromatic rings. The number of rotatable bonds is 2. The van der Waals surface area contributed by atoms with Crippen molar-refractivity contribution in [2.75, 3.05) is 0 Å². The lowest BCUT2D eigenvalue weighted by Gasteiger charge is -2.06. The van der Waals surface area contributed by atoms with Crippen LogP contribution in [0.5, 0.6) is 0 Å². The molecule has 4 heteroatoms. The second kappa shape index (κ2) is 3.62. The molecular formula is C9H8F3N. The molecule has 1 aromatic carbocycles. The summed E-state index contributed by atoms with van der Waals surface area (Å²) in [7, 11) is 0. The highest BCUT2D eigenvalue weighted by Crippen LogP contribution is 2.18. The highest BCUT2D eigenvalue weighted by Gasteiger charge is 2.12. The van der Waals surface area contributed by atoms with Gasteiger partial charge in [0.05, 0.1) is 0 Å². The molecule has 0 saturated heterocycles. The Morgan fingerprint density at radius 3 is 2.08 bits per heavy atom. The van der Waals surface area contributed by atoms with E-state index in [-0.39, 0.29) is 5.56 Å². The average Bonchev–Trinajstić information content (AvgIpc) is 2.12. The van der Waals surface area contributed by atoms with Crippen molar-refractivity contribution in [2.45, 2.75) is 6.04 Å². The Morgan fingerprint density at radius 2 is 1.69 bits per heavy atom. The van der Waals surface area contributed by atoms with Gasteiger partial charge in [-0.2, -0.15) is 0 Å². The lowest BCUT2D eigenvalue weighted by Crippen LogP contribution is -2.08. The number of hydrogen-bond acceptors (Lipinski definition) is 1. The molecule has 0 aromatic heterocycles. The molecule has 1 nitrogen and oxygen atoms in total. The van der Waals surface area contributed by atoms with E-state index in [0.717, 1.165) is 12.1 Å². The predicted molar refractivity (Wildman–Crippen MR) is 43.4 cm³/mol. The Bertz CT molecular complexity index is 313. The second-order valence-electron chi connectivity index (χ2n) is 2.56. The van der Waals surface area contributed by atoms with E-state index in [1.165, 1.54) is 6.08 Å². The summed E-state index contributed by atoms with van der Waals surface area (Å²) in [5.41, 5.74) is 5.57. The smallest absolute Gasteiger partial charge is 0.194 e. The minimum atomic E-state index is -1.49. The van der Waals surface area contributed by atoms with Gasteiger partial charge in [-0.25, -0.2) is 13.2 Å². The number of halogens is 3. The maximum atomic E-state index is 12.6. The van der Waals surface area contributed by atoms with E-state index in [0.29, 0.717) is 0 Å². The Balaban J connectivity index is 3.20. The van der Waals surface area contributed by atoms with E-state index in [1.807, 2.05) is 0 Å². The molecular weight excluding hydrogens is 179 g/mol. The van der Waals surface area contributed by atoms with E-state index in [4.69, 9.17) is 5.73 Å². The molecule has 2 N–H and O–H groups in total. The Hall–Kier alpha value is -1.29. The SMILES string of the molecule is C=C[C@@H](N)c1cc(F)c(F)c(F)c1. The molecule has 0 aliphatic rings. The topological polar surface area (TPSA) is 26.0 Å². The fraction of sp³-hybridized carbons (Fsp3) is 0.111. The van der Waals surface area contributed by atoms with Crippen molar-refractivity contribution in [3.8, 4) is 0 Å². The molecule has 0 aliphatic heterocycles. The largest absolute Gasteiger partial charge is 0.321 e. The number of nitrogens with two attached hydrogens (primary N) is 1. The van der Waals surface area contributed by atoms with Gasteiger partial charge in [-0.05, 0) is 17.7 Å². The quantitative estimate of drug-likeness (QED) is 0.558. The average molecular weight is 187 g/mol. The summed E-state index contributed by atoms with van der Waals surface area (Å²) >= 11 is 0. The van der Waals surface area contributed by atoms with Gasteiger partial charge in [0, 0.05) is 6.04 Å². The van der Waals surface area contributed by atoms with Crippen LogP contribution in [0.25, 0.3) is 0 Å². The van der Waals surface area contributed by atoms with Crippen molar-refractivity contribution in [2.24, 2.45) is 5.73 Å². The normalized spacial score (nSPS) is 12.6. The highest BCUT2D eigenvalue weighted by atomic mass is 19.2. The maximum absolute atomic E-state index is 12.6. The van der Waals surface area contributed by atoms with Gasteiger partial charge in [-0.3, -0.25) is 0 Å². The summed E-state index contributed by atoms with van der Waals surface area (Å²) in [5, 5.41) is 0. The van der Waals surface area contributed by atoms with Gasteiger partial charge < -0.3 is 5.73 Å². The van der Waals surface area contributed by atoms with Crippen LogP contribution in [0.4, 0.5) is 13.2 Å². The molecule has 0 amide bonds. The van der Waals surface area contributed by atoms with Crippen molar-refractivity contribution in [1.82, 2.24) is 0 Å². The molecule has 0 radical (unpaired) electrons. The van der Waals surface area contributed by atoms with Gasteiger partial charge in [0.2, 0.25) is 0 Å². The summed E-state index contributed by atoms with van der Waals surface area (Å²) in [6.45, 7) is 3.36. The van der Waals surface area contributed by atoms with Crippen molar-refractivity contribution >= 4 is 0 Å². The molecule has 0 saturated carbocycles. The minimum Gasteiger partial charge on any atom is -0.321 e. The molecule has 0 spiro atoms. The standard InChI is InChI=1S/C9H8F3N/c1-2-8(13)5-3-6(10)9(12)7(11)4-5/h2-4,8H,1,13H2/t8-/m1/s1. The van der Waals surface area contributed by atoms with Crippen LogP contribution in [0, 0.1) is 17.5 Å².